The van der Waals surface area contributed by atoms with Crippen LogP contribution in [0.25, 0.3) is 0 Å². The maximum absolute atomic E-state index is 11.8. The van der Waals surface area contributed by atoms with E-state index in [-0.39, 0.29) is 5.91 Å². The van der Waals surface area contributed by atoms with Crippen molar-refractivity contribution in [2.45, 2.75) is 65.0 Å². The van der Waals surface area contributed by atoms with Gasteiger partial charge in [0.25, 0.3) is 0 Å². The summed E-state index contributed by atoms with van der Waals surface area (Å²) in [5.41, 5.74) is 2.99. The second-order valence-electron chi connectivity index (χ2n) is 8.78. The van der Waals surface area contributed by atoms with Gasteiger partial charge in [0, 0.05) is 39.1 Å². The smallest absolute Gasteiger partial charge is 0.222 e. The average Bonchev–Trinajstić information content (AvgIpc) is 3.44. The monoisotopic (exact) mass is 382 g/mol. The van der Waals surface area contributed by atoms with Gasteiger partial charge in [-0.3, -0.25) is 4.79 Å². The van der Waals surface area contributed by atoms with E-state index in [1.54, 1.807) is 0 Å². The molecule has 2 saturated heterocycles. The van der Waals surface area contributed by atoms with Gasteiger partial charge in [-0.1, -0.05) is 37.1 Å². The lowest BCUT2D eigenvalue weighted by molar-refractivity contribution is -0.128. The van der Waals surface area contributed by atoms with E-state index in [1.165, 1.54) is 49.8 Å². The number of benzene rings is 1. The van der Waals surface area contributed by atoms with Gasteiger partial charge >= 0.3 is 0 Å². The average molecular weight is 383 g/mol. The highest BCUT2D eigenvalue weighted by molar-refractivity contribution is 5.80. The van der Waals surface area contributed by atoms with Crippen LogP contribution in [0.2, 0.25) is 0 Å². The van der Waals surface area contributed by atoms with Crippen molar-refractivity contribution in [2.75, 3.05) is 26.2 Å². The van der Waals surface area contributed by atoms with E-state index < -0.39 is 0 Å². The number of hydrogen-bond acceptors (Lipinski definition) is 2. The molecule has 2 heterocycles. The molecule has 2 aliphatic heterocycles. The molecule has 28 heavy (non-hydrogen) atoms. The Labute approximate surface area is 169 Å². The highest BCUT2D eigenvalue weighted by Crippen LogP contribution is 2.45. The first-order valence-corrected chi connectivity index (χ1v) is 11.1. The first kappa shape index (κ1) is 19.3. The summed E-state index contributed by atoms with van der Waals surface area (Å²) in [6.07, 6.45) is 8.61. The molecule has 3 fully saturated rings. The van der Waals surface area contributed by atoms with Crippen LogP contribution in [0.15, 0.2) is 29.3 Å². The quantitative estimate of drug-likeness (QED) is 0.626. The summed E-state index contributed by atoms with van der Waals surface area (Å²) in [6.45, 7) is 7.69. The highest BCUT2D eigenvalue weighted by atomic mass is 16.2. The fourth-order valence-corrected chi connectivity index (χ4v) is 5.08. The molecule has 3 aliphatic rings. The maximum Gasteiger partial charge on any atom is 0.222 e. The van der Waals surface area contributed by atoms with E-state index in [9.17, 15) is 4.79 Å². The van der Waals surface area contributed by atoms with E-state index in [0.717, 1.165) is 38.6 Å². The molecule has 0 unspecified atom stereocenters. The number of guanidine groups is 1. The summed E-state index contributed by atoms with van der Waals surface area (Å²) in [6, 6.07) is 8.61. The van der Waals surface area contributed by atoms with Gasteiger partial charge < -0.3 is 15.1 Å². The number of rotatable bonds is 5. The summed E-state index contributed by atoms with van der Waals surface area (Å²) in [5.74, 6) is 1.35. The van der Waals surface area contributed by atoms with E-state index in [0.29, 0.717) is 18.4 Å². The Morgan fingerprint density at radius 1 is 1.07 bits per heavy atom. The third kappa shape index (κ3) is 4.34. The van der Waals surface area contributed by atoms with Gasteiger partial charge in [-0.15, -0.1) is 0 Å². The lowest BCUT2D eigenvalue weighted by Crippen LogP contribution is -2.41. The van der Waals surface area contributed by atoms with Gasteiger partial charge in [-0.2, -0.15) is 0 Å². The number of nitrogens with one attached hydrogen (secondary N) is 1. The standard InChI is InChI=1S/C23H34N4O/c1-2-24-22(27-15-13-23(18-27)11-3-4-12-23)25-16-19-7-9-20(10-8-19)17-26-14-5-6-21(26)28/h7-10H,2-6,11-18H2,1H3,(H,24,25). The molecule has 0 aromatic heterocycles. The molecule has 1 N–H and O–H groups in total. The Morgan fingerprint density at radius 2 is 1.82 bits per heavy atom. The molecule has 1 aromatic carbocycles. The van der Waals surface area contributed by atoms with E-state index in [2.05, 4.69) is 41.4 Å². The van der Waals surface area contributed by atoms with Gasteiger partial charge in [0.15, 0.2) is 5.96 Å². The topological polar surface area (TPSA) is 47.9 Å². The van der Waals surface area contributed by atoms with Gasteiger partial charge in [0.1, 0.15) is 0 Å². The lowest BCUT2D eigenvalue weighted by Gasteiger charge is -2.26. The van der Waals surface area contributed by atoms with Crippen molar-refractivity contribution in [1.29, 1.82) is 0 Å². The first-order chi connectivity index (χ1) is 13.7. The molecule has 0 atom stereocenters. The number of carbonyl (C=O) groups excluding carboxylic acids is 1. The van der Waals surface area contributed by atoms with Crippen LogP contribution < -0.4 is 5.32 Å². The van der Waals surface area contributed by atoms with Crippen LogP contribution in [0, 0.1) is 5.41 Å². The Morgan fingerprint density at radius 3 is 2.50 bits per heavy atom. The summed E-state index contributed by atoms with van der Waals surface area (Å²) >= 11 is 0. The number of carbonyl (C=O) groups is 1. The first-order valence-electron chi connectivity index (χ1n) is 11.1. The zero-order chi connectivity index (χ0) is 19.4. The minimum Gasteiger partial charge on any atom is -0.357 e. The highest BCUT2D eigenvalue weighted by Gasteiger charge is 2.41. The molecule has 0 bridgehead atoms. The van der Waals surface area contributed by atoms with Gasteiger partial charge in [0.05, 0.1) is 6.54 Å². The van der Waals surface area contributed by atoms with E-state index >= 15 is 0 Å². The largest absolute Gasteiger partial charge is 0.357 e. The summed E-state index contributed by atoms with van der Waals surface area (Å²) in [7, 11) is 0. The van der Waals surface area contributed by atoms with Crippen molar-refractivity contribution < 1.29 is 4.79 Å². The van der Waals surface area contributed by atoms with Crippen LogP contribution >= 0.6 is 0 Å². The number of likely N-dealkylation sites (tertiary alicyclic amines) is 2. The summed E-state index contributed by atoms with van der Waals surface area (Å²) in [4.78, 5) is 21.2. The molecule has 0 radical (unpaired) electrons. The third-order valence-corrected chi connectivity index (χ3v) is 6.72. The maximum atomic E-state index is 11.8. The van der Waals surface area contributed by atoms with Crippen molar-refractivity contribution in [2.24, 2.45) is 10.4 Å². The van der Waals surface area contributed by atoms with Crippen LogP contribution in [0.4, 0.5) is 0 Å². The van der Waals surface area contributed by atoms with Gasteiger partial charge in [-0.25, -0.2) is 4.99 Å². The van der Waals surface area contributed by atoms with Crippen molar-refractivity contribution in [1.82, 2.24) is 15.1 Å². The Kier molecular flexibility index (Phi) is 5.88. The van der Waals surface area contributed by atoms with Crippen molar-refractivity contribution in [3.8, 4) is 0 Å². The van der Waals surface area contributed by atoms with E-state index in [1.807, 2.05) is 4.90 Å². The molecular weight excluding hydrogens is 348 g/mol. The zero-order valence-electron chi connectivity index (χ0n) is 17.3. The fraction of sp³-hybridized carbons (Fsp3) is 0.652. The number of nitrogens with zero attached hydrogens (tertiary/aromatic N) is 3. The number of hydrogen-bond donors (Lipinski definition) is 1. The van der Waals surface area contributed by atoms with Crippen molar-refractivity contribution in [3.05, 3.63) is 35.4 Å². The molecule has 4 rings (SSSR count). The van der Waals surface area contributed by atoms with Gasteiger partial charge in [0.2, 0.25) is 5.91 Å². The normalized spacial score (nSPS) is 21.9. The molecular formula is C23H34N4O. The van der Waals surface area contributed by atoms with Crippen molar-refractivity contribution in [3.63, 3.8) is 0 Å². The van der Waals surface area contributed by atoms with E-state index in [4.69, 9.17) is 4.99 Å². The van der Waals surface area contributed by atoms with Gasteiger partial charge in [-0.05, 0) is 49.1 Å². The third-order valence-electron chi connectivity index (χ3n) is 6.72. The summed E-state index contributed by atoms with van der Waals surface area (Å²) < 4.78 is 0. The molecule has 1 saturated carbocycles. The number of aliphatic imine (C=N–C) groups is 1. The molecule has 152 valence electrons. The molecule has 1 aliphatic carbocycles. The zero-order valence-corrected chi connectivity index (χ0v) is 17.3. The molecule has 5 heteroatoms. The van der Waals surface area contributed by atoms with Crippen LogP contribution in [-0.2, 0) is 17.9 Å². The van der Waals surface area contributed by atoms with Crippen LogP contribution in [-0.4, -0.2) is 47.8 Å². The minimum atomic E-state index is 0.287. The Balaban J connectivity index is 1.36. The Hall–Kier alpha value is -2.04. The molecule has 1 aromatic rings. The predicted octanol–water partition coefficient (Wildman–Crippen LogP) is 3.54. The SMILES string of the molecule is CCNC(=NCc1ccc(CN2CCCC2=O)cc1)N1CCC2(CCCC2)C1. The van der Waals surface area contributed by atoms with Crippen LogP contribution in [0.3, 0.4) is 0 Å². The molecule has 1 amide bonds. The molecule has 1 spiro atoms. The second kappa shape index (κ2) is 8.54. The lowest BCUT2D eigenvalue weighted by atomic mass is 9.86. The van der Waals surface area contributed by atoms with Crippen LogP contribution in [0.5, 0.6) is 0 Å². The summed E-state index contributed by atoms with van der Waals surface area (Å²) in [5, 5.41) is 3.50. The second-order valence-corrected chi connectivity index (χ2v) is 8.78. The number of amides is 1. The Bertz CT molecular complexity index is 706. The fourth-order valence-electron chi connectivity index (χ4n) is 5.08. The van der Waals surface area contributed by atoms with Crippen LogP contribution in [0.1, 0.15) is 63.0 Å². The predicted molar refractivity (Wildman–Crippen MR) is 113 cm³/mol. The minimum absolute atomic E-state index is 0.287. The van der Waals surface area contributed by atoms with Crippen molar-refractivity contribution >= 4 is 11.9 Å². The molecule has 5 nitrogen and oxygen atoms in total.